The predicted octanol–water partition coefficient (Wildman–Crippen LogP) is 3.85. The topological polar surface area (TPSA) is 122 Å². The molecular weight excluding hydrogens is 530 g/mol. The maximum atomic E-state index is 13.2. The van der Waals surface area contributed by atoms with Crippen molar-refractivity contribution < 1.29 is 43.1 Å². The summed E-state index contributed by atoms with van der Waals surface area (Å²) in [5, 5.41) is 12.2. The average molecular weight is 562 g/mol. The van der Waals surface area contributed by atoms with Crippen LogP contribution in [0.1, 0.15) is 28.9 Å². The summed E-state index contributed by atoms with van der Waals surface area (Å²) in [6.07, 6.45) is -4.68. The minimum Gasteiger partial charge on any atom is -0.480 e. The molecule has 2 saturated heterocycles. The quantitative estimate of drug-likeness (QED) is 0.422. The first-order chi connectivity index (χ1) is 20.0. The van der Waals surface area contributed by atoms with Gasteiger partial charge in [0.15, 0.2) is 12.6 Å². The van der Waals surface area contributed by atoms with Gasteiger partial charge in [-0.1, -0.05) is 78.9 Å². The van der Waals surface area contributed by atoms with Crippen molar-refractivity contribution in [2.75, 3.05) is 26.9 Å². The van der Waals surface area contributed by atoms with Crippen molar-refractivity contribution in [1.29, 1.82) is 0 Å². The zero-order valence-electron chi connectivity index (χ0n) is 22.4. The van der Waals surface area contributed by atoms with Crippen LogP contribution in [0.4, 0.5) is 4.79 Å². The van der Waals surface area contributed by atoms with Crippen molar-refractivity contribution in [2.45, 2.75) is 42.9 Å². The van der Waals surface area contributed by atoms with Crippen LogP contribution in [-0.2, 0) is 33.2 Å². The van der Waals surface area contributed by atoms with Gasteiger partial charge in [-0.25, -0.2) is 9.59 Å². The summed E-state index contributed by atoms with van der Waals surface area (Å²) in [7, 11) is 1.43. The molecule has 1 amide bonds. The van der Waals surface area contributed by atoms with Gasteiger partial charge in [0.2, 0.25) is 0 Å². The summed E-state index contributed by atoms with van der Waals surface area (Å²) >= 11 is 0. The van der Waals surface area contributed by atoms with Crippen LogP contribution in [0.3, 0.4) is 0 Å². The van der Waals surface area contributed by atoms with E-state index in [0.717, 1.165) is 27.8 Å². The normalized spacial score (nSPS) is 26.9. The Labute approximate surface area is 237 Å². The number of carboxylic acid groups (broad SMARTS) is 1. The summed E-state index contributed by atoms with van der Waals surface area (Å²) in [5.74, 6) is -1.28. The van der Waals surface area contributed by atoms with E-state index in [0.29, 0.717) is 0 Å². The molecule has 0 spiro atoms. The first kappa shape index (κ1) is 27.4. The lowest BCUT2D eigenvalue weighted by atomic mass is 9.95. The highest BCUT2D eigenvalue weighted by atomic mass is 16.7. The Bertz CT molecular complexity index is 1340. The summed E-state index contributed by atoms with van der Waals surface area (Å²) in [6, 6.07) is 24.6. The molecule has 0 unspecified atom stereocenters. The summed E-state index contributed by atoms with van der Waals surface area (Å²) < 4.78 is 35.3. The average Bonchev–Trinajstić information content (AvgIpc) is 3.32. The number of hydrogen-bond acceptors (Lipinski definition) is 8. The number of carbonyl (C=O) groups excluding carboxylic acids is 1. The van der Waals surface area contributed by atoms with Gasteiger partial charge >= 0.3 is 12.1 Å². The molecule has 0 radical (unpaired) electrons. The van der Waals surface area contributed by atoms with Crippen LogP contribution in [0, 0.1) is 0 Å². The molecule has 214 valence electrons. The molecule has 3 aliphatic rings. The smallest absolute Gasteiger partial charge is 0.407 e. The van der Waals surface area contributed by atoms with Gasteiger partial charge < -0.3 is 38.8 Å². The van der Waals surface area contributed by atoms with E-state index < -0.39 is 55.6 Å². The molecular formula is C31H31NO9. The molecule has 2 fully saturated rings. The number of aliphatic carboxylic acids is 1. The number of benzene rings is 3. The number of carboxylic acids is 1. The van der Waals surface area contributed by atoms with E-state index in [1.807, 2.05) is 66.7 Å². The number of hydrogen-bond donors (Lipinski definition) is 2. The molecule has 10 heteroatoms. The Kier molecular flexibility index (Phi) is 8.00. The molecule has 2 heterocycles. The summed E-state index contributed by atoms with van der Waals surface area (Å²) in [4.78, 5) is 24.7. The Morgan fingerprint density at radius 1 is 0.927 bits per heavy atom. The third-order valence-corrected chi connectivity index (χ3v) is 7.67. The Hall–Kier alpha value is -3.80. The molecule has 3 aromatic rings. The highest BCUT2D eigenvalue weighted by Crippen LogP contribution is 2.44. The van der Waals surface area contributed by atoms with Crippen molar-refractivity contribution in [3.8, 4) is 11.1 Å². The Morgan fingerprint density at radius 3 is 2.24 bits per heavy atom. The lowest BCUT2D eigenvalue weighted by molar-refractivity contribution is -0.345. The lowest BCUT2D eigenvalue weighted by Crippen LogP contribution is -2.67. The molecule has 0 saturated carbocycles. The van der Waals surface area contributed by atoms with E-state index in [4.69, 9.17) is 28.4 Å². The van der Waals surface area contributed by atoms with Crippen molar-refractivity contribution in [1.82, 2.24) is 5.32 Å². The number of ether oxygens (including phenoxy) is 6. The number of nitrogens with one attached hydrogen (secondary N) is 1. The molecule has 3 aromatic carbocycles. The van der Waals surface area contributed by atoms with E-state index in [1.165, 1.54) is 7.11 Å². The van der Waals surface area contributed by atoms with Crippen LogP contribution in [0.15, 0.2) is 78.9 Å². The number of fused-ring (bicyclic) bond motifs is 4. The second kappa shape index (κ2) is 12.0. The lowest BCUT2D eigenvalue weighted by Gasteiger charge is -2.48. The molecule has 2 aliphatic heterocycles. The number of methoxy groups -OCH3 is 1. The largest absolute Gasteiger partial charge is 0.480 e. The molecule has 10 nitrogen and oxygen atoms in total. The monoisotopic (exact) mass is 561 g/mol. The highest BCUT2D eigenvalue weighted by Gasteiger charge is 2.52. The molecule has 0 bridgehead atoms. The predicted molar refractivity (Wildman–Crippen MR) is 145 cm³/mol. The molecule has 2 N–H and O–H groups in total. The van der Waals surface area contributed by atoms with E-state index in [2.05, 4.69) is 17.4 Å². The van der Waals surface area contributed by atoms with Crippen LogP contribution in [-0.4, -0.2) is 74.7 Å². The molecule has 6 rings (SSSR count). The first-order valence-corrected chi connectivity index (χ1v) is 13.5. The van der Waals surface area contributed by atoms with Gasteiger partial charge in [-0.2, -0.15) is 0 Å². The summed E-state index contributed by atoms with van der Waals surface area (Å²) in [5.41, 5.74) is 5.21. The fourth-order valence-corrected chi connectivity index (χ4v) is 5.85. The van der Waals surface area contributed by atoms with Gasteiger partial charge in [0.25, 0.3) is 0 Å². The maximum Gasteiger partial charge on any atom is 0.407 e. The second-order valence-electron chi connectivity index (χ2n) is 10.1. The molecule has 0 aromatic heterocycles. The van der Waals surface area contributed by atoms with Crippen LogP contribution in [0.5, 0.6) is 0 Å². The Morgan fingerprint density at radius 2 is 1.59 bits per heavy atom. The zero-order chi connectivity index (χ0) is 28.3. The fraction of sp³-hybridized carbons (Fsp3) is 0.355. The highest BCUT2D eigenvalue weighted by molar-refractivity contribution is 5.79. The maximum absolute atomic E-state index is 13.2. The third kappa shape index (κ3) is 5.57. The van der Waals surface area contributed by atoms with Crippen LogP contribution in [0.2, 0.25) is 0 Å². The van der Waals surface area contributed by atoms with E-state index >= 15 is 0 Å². The number of rotatable bonds is 8. The molecule has 1 aliphatic carbocycles. The zero-order valence-corrected chi connectivity index (χ0v) is 22.4. The van der Waals surface area contributed by atoms with Crippen molar-refractivity contribution in [3.63, 3.8) is 0 Å². The number of alkyl carbamates (subject to hydrolysis) is 1. The van der Waals surface area contributed by atoms with Crippen molar-refractivity contribution >= 4 is 12.1 Å². The Balaban J connectivity index is 1.19. The molecule has 6 atom stereocenters. The van der Waals surface area contributed by atoms with Gasteiger partial charge in [0.05, 0.1) is 6.61 Å². The summed E-state index contributed by atoms with van der Waals surface area (Å²) in [6.45, 7) is -0.333. The van der Waals surface area contributed by atoms with Crippen LogP contribution in [0.25, 0.3) is 11.1 Å². The van der Waals surface area contributed by atoms with Gasteiger partial charge in [-0.15, -0.1) is 0 Å². The van der Waals surface area contributed by atoms with E-state index in [-0.39, 0.29) is 19.1 Å². The van der Waals surface area contributed by atoms with Crippen molar-refractivity contribution in [3.05, 3.63) is 95.6 Å². The third-order valence-electron chi connectivity index (χ3n) is 7.67. The first-order valence-electron chi connectivity index (χ1n) is 13.5. The number of amides is 1. The van der Waals surface area contributed by atoms with Crippen molar-refractivity contribution in [2.24, 2.45) is 0 Å². The minimum atomic E-state index is -1.16. The standard InChI is InChI=1S/C31H31NO9/c1-36-30-26(32-31(35)39-15-23-21-13-7-5-11-19(21)20-12-6-8-14-22(20)23)28(37-17-25(33)34)27-24(40-30)16-38-29(41-27)18-9-3-2-4-10-18/h2-14,23-24,26-30H,15-17H2,1H3,(H,32,35)(H,33,34)/t24-,26-,27-,28-,29-,30+/m1/s1. The SMILES string of the molecule is CO[C@H]1O[C@@H]2CO[C@@H](c3ccccc3)O[C@H]2[C@H](OCC(=O)O)[C@H]1NC(=O)OCC1c2ccccc2-c2ccccc21. The van der Waals surface area contributed by atoms with Gasteiger partial charge in [-0.3, -0.25) is 0 Å². The second-order valence-corrected chi connectivity index (χ2v) is 10.1. The van der Waals surface area contributed by atoms with Gasteiger partial charge in [0.1, 0.15) is 37.6 Å². The van der Waals surface area contributed by atoms with Gasteiger partial charge in [0, 0.05) is 18.6 Å². The van der Waals surface area contributed by atoms with Gasteiger partial charge in [-0.05, 0) is 22.3 Å². The minimum absolute atomic E-state index is 0.109. The fourth-order valence-electron chi connectivity index (χ4n) is 5.85. The van der Waals surface area contributed by atoms with E-state index in [1.54, 1.807) is 0 Å². The number of carbonyl (C=O) groups is 2. The molecule has 41 heavy (non-hydrogen) atoms. The van der Waals surface area contributed by atoms with Crippen LogP contribution < -0.4 is 5.32 Å². The van der Waals surface area contributed by atoms with E-state index in [9.17, 15) is 14.7 Å². The van der Waals surface area contributed by atoms with Crippen LogP contribution >= 0.6 is 0 Å².